The lowest BCUT2D eigenvalue weighted by atomic mass is 9.99. The first-order valence-electron chi connectivity index (χ1n) is 6.83. The quantitative estimate of drug-likeness (QED) is 0.796. The predicted octanol–water partition coefficient (Wildman–Crippen LogP) is 3.27. The number of sulfonamides is 1. The molecule has 0 unspecified atom stereocenters. The van der Waals surface area contributed by atoms with Gasteiger partial charge in [-0.05, 0) is 35.4 Å². The molecule has 0 aliphatic rings. The van der Waals surface area contributed by atoms with Gasteiger partial charge in [0.1, 0.15) is 5.75 Å². The summed E-state index contributed by atoms with van der Waals surface area (Å²) in [5.74, 6) is 0.774. The Morgan fingerprint density at radius 3 is 1.78 bits per heavy atom. The molecule has 6 heteroatoms. The second-order valence-corrected chi connectivity index (χ2v) is 6.56. The zero-order valence-corrected chi connectivity index (χ0v) is 13.2. The second-order valence-electron chi connectivity index (χ2n) is 5.00. The molecular formula is C17H15NO4S. The summed E-state index contributed by atoms with van der Waals surface area (Å²) in [7, 11) is -2.08. The van der Waals surface area contributed by atoms with E-state index in [0.717, 1.165) is 28.0 Å². The maximum atomic E-state index is 11.3. The Morgan fingerprint density at radius 1 is 0.870 bits per heavy atom. The SMILES string of the molecule is COc1ccc(-c2cocc2-c2ccc(S(N)(=O)=O)cc2)cc1. The summed E-state index contributed by atoms with van der Waals surface area (Å²) in [5.41, 5.74) is 3.61. The standard InChI is InChI=1S/C17H15NO4S/c1-21-14-6-2-12(3-7-14)16-10-22-11-17(16)13-4-8-15(9-5-13)23(18,19)20/h2-11H,1H3,(H2,18,19,20). The molecular weight excluding hydrogens is 314 g/mol. The number of methoxy groups -OCH3 is 1. The highest BCUT2D eigenvalue weighted by Gasteiger charge is 2.12. The van der Waals surface area contributed by atoms with Crippen LogP contribution in [0.2, 0.25) is 0 Å². The van der Waals surface area contributed by atoms with Gasteiger partial charge in [-0.15, -0.1) is 0 Å². The first kappa shape index (κ1) is 15.3. The number of hydrogen-bond donors (Lipinski definition) is 1. The number of benzene rings is 2. The van der Waals surface area contributed by atoms with Crippen molar-refractivity contribution in [2.75, 3.05) is 7.11 Å². The summed E-state index contributed by atoms with van der Waals surface area (Å²) in [6.45, 7) is 0. The molecule has 1 heterocycles. The Kier molecular flexibility index (Phi) is 3.94. The third-order valence-electron chi connectivity index (χ3n) is 3.56. The molecule has 0 radical (unpaired) electrons. The monoisotopic (exact) mass is 329 g/mol. The Hall–Kier alpha value is -2.57. The van der Waals surface area contributed by atoms with Crippen molar-refractivity contribution in [3.05, 3.63) is 61.1 Å². The molecule has 0 amide bonds. The topological polar surface area (TPSA) is 82.5 Å². The molecule has 0 spiro atoms. The van der Waals surface area contributed by atoms with E-state index >= 15 is 0 Å². The van der Waals surface area contributed by atoms with Crippen LogP contribution in [0.15, 0.2) is 70.4 Å². The van der Waals surface area contributed by atoms with E-state index in [1.165, 1.54) is 12.1 Å². The van der Waals surface area contributed by atoms with Gasteiger partial charge >= 0.3 is 0 Å². The Bertz CT molecular complexity index is 910. The van der Waals surface area contributed by atoms with Crippen molar-refractivity contribution in [3.63, 3.8) is 0 Å². The first-order chi connectivity index (χ1) is 11.0. The highest BCUT2D eigenvalue weighted by atomic mass is 32.2. The normalized spacial score (nSPS) is 11.4. The van der Waals surface area contributed by atoms with Crippen LogP contribution in [0, 0.1) is 0 Å². The molecule has 0 bridgehead atoms. The summed E-state index contributed by atoms with van der Waals surface area (Å²) in [4.78, 5) is 0.0794. The molecule has 0 saturated heterocycles. The van der Waals surface area contributed by atoms with Crippen molar-refractivity contribution >= 4 is 10.0 Å². The number of primary sulfonamides is 1. The Labute approximate surface area is 134 Å². The molecule has 2 aromatic carbocycles. The molecule has 2 N–H and O–H groups in total. The van der Waals surface area contributed by atoms with E-state index in [4.69, 9.17) is 14.3 Å². The summed E-state index contributed by atoms with van der Waals surface area (Å²) in [6, 6.07) is 14.0. The van der Waals surface area contributed by atoms with Crippen molar-refractivity contribution in [2.24, 2.45) is 5.14 Å². The average molecular weight is 329 g/mol. The third-order valence-corrected chi connectivity index (χ3v) is 4.49. The fourth-order valence-corrected chi connectivity index (χ4v) is 2.85. The number of hydrogen-bond acceptors (Lipinski definition) is 4. The number of nitrogens with two attached hydrogens (primary N) is 1. The second kappa shape index (κ2) is 5.91. The van der Waals surface area contributed by atoms with Crippen LogP contribution in [0.1, 0.15) is 0 Å². The molecule has 1 aromatic heterocycles. The van der Waals surface area contributed by atoms with Crippen LogP contribution in [0.4, 0.5) is 0 Å². The number of rotatable bonds is 4. The van der Waals surface area contributed by atoms with E-state index in [0.29, 0.717) is 0 Å². The van der Waals surface area contributed by atoms with E-state index < -0.39 is 10.0 Å². The summed E-state index contributed by atoms with van der Waals surface area (Å²) in [6.07, 6.45) is 3.29. The number of ether oxygens (including phenoxy) is 1. The predicted molar refractivity (Wildman–Crippen MR) is 87.5 cm³/mol. The zero-order chi connectivity index (χ0) is 16.4. The minimum absolute atomic E-state index is 0.0794. The van der Waals surface area contributed by atoms with Crippen molar-refractivity contribution in [2.45, 2.75) is 4.90 Å². The van der Waals surface area contributed by atoms with Gasteiger partial charge in [0.15, 0.2) is 0 Å². The van der Waals surface area contributed by atoms with Crippen molar-refractivity contribution in [1.29, 1.82) is 0 Å². The summed E-state index contributed by atoms with van der Waals surface area (Å²) in [5, 5.41) is 5.12. The summed E-state index contributed by atoms with van der Waals surface area (Å²) < 4.78 is 33.1. The van der Waals surface area contributed by atoms with Gasteiger partial charge in [-0.2, -0.15) is 0 Å². The number of furan rings is 1. The van der Waals surface area contributed by atoms with Crippen LogP contribution in [0.25, 0.3) is 22.3 Å². The largest absolute Gasteiger partial charge is 0.497 e. The molecule has 5 nitrogen and oxygen atoms in total. The lowest BCUT2D eigenvalue weighted by Gasteiger charge is -2.06. The highest BCUT2D eigenvalue weighted by Crippen LogP contribution is 2.34. The highest BCUT2D eigenvalue weighted by molar-refractivity contribution is 7.89. The Balaban J connectivity index is 2.00. The van der Waals surface area contributed by atoms with E-state index in [1.54, 1.807) is 31.8 Å². The minimum Gasteiger partial charge on any atom is -0.497 e. The third kappa shape index (κ3) is 3.13. The molecule has 23 heavy (non-hydrogen) atoms. The molecule has 0 aliphatic carbocycles. The van der Waals surface area contributed by atoms with Crippen LogP contribution < -0.4 is 9.88 Å². The fourth-order valence-electron chi connectivity index (χ4n) is 2.34. The van der Waals surface area contributed by atoms with Gasteiger partial charge in [-0.1, -0.05) is 24.3 Å². The van der Waals surface area contributed by atoms with E-state index in [2.05, 4.69) is 0 Å². The van der Waals surface area contributed by atoms with Crippen LogP contribution in [-0.4, -0.2) is 15.5 Å². The molecule has 0 saturated carbocycles. The molecule has 0 atom stereocenters. The van der Waals surface area contributed by atoms with Gasteiger partial charge < -0.3 is 9.15 Å². The van der Waals surface area contributed by atoms with E-state index in [9.17, 15) is 8.42 Å². The van der Waals surface area contributed by atoms with Crippen LogP contribution in [0.3, 0.4) is 0 Å². The smallest absolute Gasteiger partial charge is 0.238 e. The van der Waals surface area contributed by atoms with E-state index in [-0.39, 0.29) is 4.90 Å². The average Bonchev–Trinajstić information content (AvgIpc) is 3.04. The maximum Gasteiger partial charge on any atom is 0.238 e. The van der Waals surface area contributed by atoms with Gasteiger partial charge in [0.2, 0.25) is 10.0 Å². The van der Waals surface area contributed by atoms with Crippen LogP contribution in [-0.2, 0) is 10.0 Å². The molecule has 3 aromatic rings. The minimum atomic E-state index is -3.70. The van der Waals surface area contributed by atoms with Crippen LogP contribution in [0.5, 0.6) is 5.75 Å². The molecule has 0 fully saturated rings. The maximum absolute atomic E-state index is 11.3. The van der Waals surface area contributed by atoms with Gasteiger partial charge in [-0.25, -0.2) is 13.6 Å². The van der Waals surface area contributed by atoms with Crippen molar-refractivity contribution in [3.8, 4) is 28.0 Å². The zero-order valence-electron chi connectivity index (χ0n) is 12.4. The van der Waals surface area contributed by atoms with Crippen molar-refractivity contribution < 1.29 is 17.6 Å². The lowest BCUT2D eigenvalue weighted by molar-refractivity contribution is 0.415. The van der Waals surface area contributed by atoms with Gasteiger partial charge in [0.05, 0.1) is 24.5 Å². The molecule has 3 rings (SSSR count). The van der Waals surface area contributed by atoms with Gasteiger partial charge in [0.25, 0.3) is 0 Å². The van der Waals surface area contributed by atoms with Gasteiger partial charge in [0, 0.05) is 11.1 Å². The van der Waals surface area contributed by atoms with Crippen LogP contribution >= 0.6 is 0 Å². The molecule has 118 valence electrons. The van der Waals surface area contributed by atoms with Gasteiger partial charge in [-0.3, -0.25) is 0 Å². The lowest BCUT2D eigenvalue weighted by Crippen LogP contribution is -2.11. The van der Waals surface area contributed by atoms with E-state index in [1.807, 2.05) is 24.3 Å². The fraction of sp³-hybridized carbons (Fsp3) is 0.0588. The molecule has 0 aliphatic heterocycles. The Morgan fingerprint density at radius 2 is 1.35 bits per heavy atom. The first-order valence-corrected chi connectivity index (χ1v) is 8.37. The van der Waals surface area contributed by atoms with Crippen molar-refractivity contribution in [1.82, 2.24) is 0 Å². The summed E-state index contributed by atoms with van der Waals surface area (Å²) >= 11 is 0.